The van der Waals surface area contributed by atoms with Gasteiger partial charge in [0, 0.05) is 60.5 Å². The van der Waals surface area contributed by atoms with Gasteiger partial charge in [0.05, 0.1) is 9.79 Å². The molecule has 0 aliphatic carbocycles. The number of benzene rings is 4. The second-order valence-electron chi connectivity index (χ2n) is 13.3. The largest absolute Gasteiger partial charge is 0.371 e. The first kappa shape index (κ1) is 28.8. The Morgan fingerprint density at radius 1 is 0.578 bits per heavy atom. The monoisotopic (exact) mass is 618 g/mol. The fourth-order valence-corrected chi connectivity index (χ4v) is 10.4. The predicted octanol–water partition coefficient (Wildman–Crippen LogP) is 6.42. The minimum absolute atomic E-state index is 0.360. The zero-order valence-corrected chi connectivity index (χ0v) is 27.0. The summed E-state index contributed by atoms with van der Waals surface area (Å²) in [4.78, 5) is 5.58. The number of likely N-dealkylation sites (N-methyl/N-ethyl adjacent to an activating group) is 2. The van der Waals surface area contributed by atoms with Gasteiger partial charge in [0.15, 0.2) is 0 Å². The van der Waals surface area contributed by atoms with E-state index in [2.05, 4.69) is 70.9 Å². The van der Waals surface area contributed by atoms with Crippen molar-refractivity contribution in [2.24, 2.45) is 0 Å². The lowest BCUT2D eigenvalue weighted by molar-refractivity contribution is 0.531. The number of anilines is 2. The summed E-state index contributed by atoms with van der Waals surface area (Å²) in [6.45, 7) is 4.09. The molecule has 0 bridgehead atoms. The zero-order chi connectivity index (χ0) is 30.7. The van der Waals surface area contributed by atoms with Crippen molar-refractivity contribution >= 4 is 21.2 Å². The lowest BCUT2D eigenvalue weighted by Crippen LogP contribution is -2.30. The number of fused-ring (bicyclic) bond motifs is 6. The molecule has 0 aromatic heterocycles. The van der Waals surface area contributed by atoms with Crippen molar-refractivity contribution in [3.05, 3.63) is 96.1 Å². The molecule has 8 rings (SSSR count). The number of hydrogen-bond donors (Lipinski definition) is 2. The molecule has 2 saturated heterocycles. The second-order valence-corrected chi connectivity index (χ2v) is 15.2. The van der Waals surface area contributed by atoms with E-state index in [9.17, 15) is 8.42 Å². The maximum atomic E-state index is 14.7. The van der Waals surface area contributed by atoms with Crippen LogP contribution in [0.3, 0.4) is 0 Å². The Bertz CT molecular complexity index is 1740. The highest BCUT2D eigenvalue weighted by Crippen LogP contribution is 2.48. The van der Waals surface area contributed by atoms with E-state index in [4.69, 9.17) is 0 Å². The Labute approximate surface area is 267 Å². The van der Waals surface area contributed by atoms with E-state index in [1.54, 1.807) is 12.1 Å². The average molecular weight is 619 g/mol. The Hall–Kier alpha value is -3.65. The Balaban J connectivity index is 1.20. The van der Waals surface area contributed by atoms with Crippen molar-refractivity contribution in [1.82, 2.24) is 10.6 Å². The molecule has 0 radical (unpaired) electrons. The van der Waals surface area contributed by atoms with Crippen molar-refractivity contribution < 1.29 is 8.42 Å². The molecule has 45 heavy (non-hydrogen) atoms. The zero-order valence-electron chi connectivity index (χ0n) is 26.2. The number of nitrogens with zero attached hydrogens (tertiary/aromatic N) is 2. The van der Waals surface area contributed by atoms with Crippen molar-refractivity contribution in [2.75, 3.05) is 50.1 Å². The maximum absolute atomic E-state index is 14.7. The van der Waals surface area contributed by atoms with Gasteiger partial charge in [-0.15, -0.1) is 0 Å². The van der Waals surface area contributed by atoms with Crippen LogP contribution in [0.4, 0.5) is 11.4 Å². The van der Waals surface area contributed by atoms with Crippen LogP contribution in [0.15, 0.2) is 94.7 Å². The van der Waals surface area contributed by atoms with Crippen LogP contribution >= 0.6 is 0 Å². The smallest absolute Gasteiger partial charge is 0.207 e. The molecule has 6 nitrogen and oxygen atoms in total. The van der Waals surface area contributed by atoms with E-state index in [1.807, 2.05) is 36.4 Å². The lowest BCUT2D eigenvalue weighted by atomic mass is 9.89. The molecule has 4 aliphatic rings. The Kier molecular flexibility index (Phi) is 7.23. The van der Waals surface area contributed by atoms with Gasteiger partial charge in [-0.05, 0) is 111 Å². The minimum Gasteiger partial charge on any atom is -0.371 e. The molecule has 4 aromatic rings. The molecule has 2 fully saturated rings. The molecule has 4 aliphatic heterocycles. The first-order valence-electron chi connectivity index (χ1n) is 16.5. The number of rotatable bonds is 4. The highest BCUT2D eigenvalue weighted by Gasteiger charge is 2.39. The molecule has 4 atom stereocenters. The van der Waals surface area contributed by atoms with Gasteiger partial charge in [-0.25, -0.2) is 8.42 Å². The number of nitrogens with one attached hydrogen (secondary N) is 2. The average Bonchev–Trinajstić information content (AvgIpc) is 3.29. The van der Waals surface area contributed by atoms with Crippen LogP contribution in [-0.2, 0) is 9.84 Å². The third-order valence-electron chi connectivity index (χ3n) is 11.0. The summed E-state index contributed by atoms with van der Waals surface area (Å²) in [5, 5.41) is 7.12. The molecule has 0 saturated carbocycles. The quantitative estimate of drug-likeness (QED) is 0.275. The summed E-state index contributed by atoms with van der Waals surface area (Å²) in [6, 6.07) is 29.2. The molecule has 4 heterocycles. The lowest BCUT2D eigenvalue weighted by Gasteiger charge is -2.24. The van der Waals surface area contributed by atoms with E-state index in [1.165, 1.54) is 22.5 Å². The van der Waals surface area contributed by atoms with Crippen LogP contribution in [0, 0.1) is 0 Å². The summed E-state index contributed by atoms with van der Waals surface area (Å²) >= 11 is 0. The van der Waals surface area contributed by atoms with Gasteiger partial charge in [0.25, 0.3) is 0 Å². The topological polar surface area (TPSA) is 64.7 Å². The SMILES string of the molecule is CN1c2ccc(-c3ccccc3S(=O)(=O)c3ccccc3-c3ccc4c(c3)C3CCNCCC3N4C)cc2C2CCNCCC21. The fourth-order valence-electron chi connectivity index (χ4n) is 8.74. The van der Waals surface area contributed by atoms with Gasteiger partial charge in [-0.1, -0.05) is 48.5 Å². The summed E-state index contributed by atoms with van der Waals surface area (Å²) in [5.74, 6) is 0.902. The maximum Gasteiger partial charge on any atom is 0.207 e. The van der Waals surface area contributed by atoms with Crippen LogP contribution in [0.1, 0.15) is 48.6 Å². The third kappa shape index (κ3) is 4.70. The molecule has 232 valence electrons. The Morgan fingerprint density at radius 2 is 1.00 bits per heavy atom. The predicted molar refractivity (Wildman–Crippen MR) is 183 cm³/mol. The molecule has 0 amide bonds. The second kappa shape index (κ2) is 11.3. The summed E-state index contributed by atoms with van der Waals surface area (Å²) in [7, 11) is 0.559. The van der Waals surface area contributed by atoms with Crippen LogP contribution in [0.25, 0.3) is 22.3 Å². The normalized spacial score (nSPS) is 24.3. The third-order valence-corrected chi connectivity index (χ3v) is 12.9. The Morgan fingerprint density at radius 3 is 1.47 bits per heavy atom. The van der Waals surface area contributed by atoms with Crippen molar-refractivity contribution in [3.8, 4) is 22.3 Å². The number of sulfone groups is 1. The van der Waals surface area contributed by atoms with E-state index < -0.39 is 9.84 Å². The minimum atomic E-state index is -3.85. The van der Waals surface area contributed by atoms with Gasteiger partial charge < -0.3 is 20.4 Å². The van der Waals surface area contributed by atoms with Gasteiger partial charge in [-0.2, -0.15) is 0 Å². The molecule has 4 unspecified atom stereocenters. The van der Waals surface area contributed by atoms with E-state index in [0.717, 1.165) is 74.1 Å². The first-order valence-corrected chi connectivity index (χ1v) is 18.0. The van der Waals surface area contributed by atoms with E-state index in [0.29, 0.717) is 33.7 Å². The molecule has 0 spiro atoms. The van der Waals surface area contributed by atoms with Gasteiger partial charge in [0.2, 0.25) is 9.84 Å². The number of hydrogen-bond acceptors (Lipinski definition) is 6. The van der Waals surface area contributed by atoms with Crippen molar-refractivity contribution in [1.29, 1.82) is 0 Å². The van der Waals surface area contributed by atoms with Crippen LogP contribution in [0.5, 0.6) is 0 Å². The molecular formula is C38H42N4O2S. The molecular weight excluding hydrogens is 577 g/mol. The van der Waals surface area contributed by atoms with Crippen LogP contribution in [0.2, 0.25) is 0 Å². The highest BCUT2D eigenvalue weighted by atomic mass is 32.2. The summed E-state index contributed by atoms with van der Waals surface area (Å²) < 4.78 is 29.4. The van der Waals surface area contributed by atoms with Crippen LogP contribution < -0.4 is 20.4 Å². The molecule has 7 heteroatoms. The fraction of sp³-hybridized carbons (Fsp3) is 0.368. The van der Waals surface area contributed by atoms with E-state index >= 15 is 0 Å². The van der Waals surface area contributed by atoms with Gasteiger partial charge >= 0.3 is 0 Å². The van der Waals surface area contributed by atoms with E-state index in [-0.39, 0.29) is 0 Å². The molecule has 4 aromatic carbocycles. The molecule has 2 N–H and O–H groups in total. The highest BCUT2D eigenvalue weighted by molar-refractivity contribution is 7.91. The van der Waals surface area contributed by atoms with Crippen molar-refractivity contribution in [2.45, 2.75) is 59.4 Å². The van der Waals surface area contributed by atoms with Gasteiger partial charge in [-0.3, -0.25) is 0 Å². The van der Waals surface area contributed by atoms with Crippen molar-refractivity contribution in [3.63, 3.8) is 0 Å². The van der Waals surface area contributed by atoms with Gasteiger partial charge in [0.1, 0.15) is 0 Å². The summed E-state index contributed by atoms with van der Waals surface area (Å²) in [6.07, 6.45) is 4.41. The standard InChI is InChI=1S/C38H42N4O2S/c1-41-33-13-11-25(23-31(33)29-15-19-39-21-17-35(29)41)27-7-3-5-9-37(27)45(43,44)38-10-6-4-8-28(38)26-12-14-34-32(24-26)30-16-20-40-22-18-36(30)42(34)2/h3-14,23-24,29-30,35-36,39-40H,15-22H2,1-2H3. The first-order chi connectivity index (χ1) is 21.9. The summed E-state index contributed by atoms with van der Waals surface area (Å²) in [5.41, 5.74) is 8.67. The van der Waals surface area contributed by atoms with Crippen LogP contribution in [-0.4, -0.2) is 60.8 Å².